The van der Waals surface area contributed by atoms with Crippen LogP contribution >= 0.6 is 0 Å². The Hall–Kier alpha value is -1.64. The molecule has 0 saturated heterocycles. The van der Waals surface area contributed by atoms with Gasteiger partial charge in [0.2, 0.25) is 0 Å². The van der Waals surface area contributed by atoms with Crippen molar-refractivity contribution in [2.75, 3.05) is 11.9 Å². The zero-order chi connectivity index (χ0) is 10.1. The van der Waals surface area contributed by atoms with Crippen molar-refractivity contribution in [1.82, 2.24) is 9.97 Å². The first-order valence-electron chi connectivity index (χ1n) is 5.37. The standard InChI is InChI=1S/C12H13N3/c1-2-4-11-10(3-1)13-8-12(15-11)14-7-9-5-6-9/h1-4,8-9H,5-7H2,(H,14,15). The third-order valence-electron chi connectivity index (χ3n) is 2.72. The molecule has 1 fully saturated rings. The molecule has 1 aromatic heterocycles. The van der Waals surface area contributed by atoms with Gasteiger partial charge in [-0.05, 0) is 30.9 Å². The van der Waals surface area contributed by atoms with E-state index in [0.717, 1.165) is 29.3 Å². The molecular weight excluding hydrogens is 186 g/mol. The van der Waals surface area contributed by atoms with Crippen LogP contribution in [-0.2, 0) is 0 Å². The molecule has 1 saturated carbocycles. The van der Waals surface area contributed by atoms with Crippen molar-refractivity contribution in [3.8, 4) is 0 Å². The van der Waals surface area contributed by atoms with Gasteiger partial charge >= 0.3 is 0 Å². The Kier molecular flexibility index (Phi) is 2.02. The molecule has 1 N–H and O–H groups in total. The van der Waals surface area contributed by atoms with Crippen LogP contribution < -0.4 is 5.32 Å². The van der Waals surface area contributed by atoms with Gasteiger partial charge in [0.05, 0.1) is 17.2 Å². The number of nitrogens with zero attached hydrogens (tertiary/aromatic N) is 2. The fourth-order valence-electron chi connectivity index (χ4n) is 1.61. The zero-order valence-corrected chi connectivity index (χ0v) is 8.48. The number of hydrogen-bond donors (Lipinski definition) is 1. The van der Waals surface area contributed by atoms with E-state index in [1.54, 1.807) is 0 Å². The molecule has 76 valence electrons. The van der Waals surface area contributed by atoms with E-state index in [-0.39, 0.29) is 0 Å². The fraction of sp³-hybridized carbons (Fsp3) is 0.333. The highest BCUT2D eigenvalue weighted by Crippen LogP contribution is 2.28. The van der Waals surface area contributed by atoms with Crippen molar-refractivity contribution < 1.29 is 0 Å². The third kappa shape index (κ3) is 1.91. The van der Waals surface area contributed by atoms with Crippen molar-refractivity contribution in [2.45, 2.75) is 12.8 Å². The molecule has 1 aromatic carbocycles. The van der Waals surface area contributed by atoms with Crippen LogP contribution in [0.5, 0.6) is 0 Å². The number of nitrogens with one attached hydrogen (secondary N) is 1. The van der Waals surface area contributed by atoms with Crippen LogP contribution in [-0.4, -0.2) is 16.5 Å². The lowest BCUT2D eigenvalue weighted by atomic mass is 10.3. The number of benzene rings is 1. The maximum absolute atomic E-state index is 4.50. The Balaban J connectivity index is 1.84. The highest BCUT2D eigenvalue weighted by molar-refractivity contribution is 5.75. The summed E-state index contributed by atoms with van der Waals surface area (Å²) in [7, 11) is 0. The maximum Gasteiger partial charge on any atom is 0.145 e. The summed E-state index contributed by atoms with van der Waals surface area (Å²) in [5.41, 5.74) is 1.91. The predicted molar refractivity (Wildman–Crippen MR) is 60.8 cm³/mol. The van der Waals surface area contributed by atoms with Crippen LogP contribution in [0, 0.1) is 5.92 Å². The van der Waals surface area contributed by atoms with Gasteiger partial charge in [-0.25, -0.2) is 4.98 Å². The monoisotopic (exact) mass is 199 g/mol. The summed E-state index contributed by atoms with van der Waals surface area (Å²) in [6.45, 7) is 1.03. The molecule has 3 nitrogen and oxygen atoms in total. The number of rotatable bonds is 3. The van der Waals surface area contributed by atoms with E-state index in [4.69, 9.17) is 0 Å². The van der Waals surface area contributed by atoms with Crippen molar-refractivity contribution in [3.05, 3.63) is 30.5 Å². The second-order valence-corrected chi connectivity index (χ2v) is 4.07. The highest BCUT2D eigenvalue weighted by Gasteiger charge is 2.20. The molecule has 0 bridgehead atoms. The molecule has 1 aliphatic rings. The van der Waals surface area contributed by atoms with Crippen molar-refractivity contribution in [2.24, 2.45) is 5.92 Å². The Morgan fingerprint density at radius 1 is 1.20 bits per heavy atom. The van der Waals surface area contributed by atoms with Crippen LogP contribution in [0.15, 0.2) is 30.5 Å². The first-order valence-corrected chi connectivity index (χ1v) is 5.37. The summed E-state index contributed by atoms with van der Waals surface area (Å²) in [5, 5.41) is 3.33. The third-order valence-corrected chi connectivity index (χ3v) is 2.72. The Morgan fingerprint density at radius 2 is 2.00 bits per heavy atom. The van der Waals surface area contributed by atoms with Gasteiger partial charge in [-0.3, -0.25) is 4.98 Å². The van der Waals surface area contributed by atoms with E-state index >= 15 is 0 Å². The van der Waals surface area contributed by atoms with Gasteiger partial charge in [0.25, 0.3) is 0 Å². The van der Waals surface area contributed by atoms with Gasteiger partial charge in [0, 0.05) is 6.54 Å². The lowest BCUT2D eigenvalue weighted by molar-refractivity contribution is 0.883. The molecule has 0 aliphatic heterocycles. The minimum atomic E-state index is 0.860. The summed E-state index contributed by atoms with van der Waals surface area (Å²) < 4.78 is 0. The zero-order valence-electron chi connectivity index (χ0n) is 8.48. The van der Waals surface area contributed by atoms with E-state index in [1.165, 1.54) is 12.8 Å². The van der Waals surface area contributed by atoms with Crippen molar-refractivity contribution >= 4 is 16.9 Å². The number of para-hydroxylation sites is 2. The molecule has 0 unspecified atom stereocenters. The Morgan fingerprint density at radius 3 is 2.80 bits per heavy atom. The van der Waals surface area contributed by atoms with Gasteiger partial charge < -0.3 is 5.32 Å². The van der Waals surface area contributed by atoms with Gasteiger partial charge in [0.1, 0.15) is 5.82 Å². The number of aromatic nitrogens is 2. The average molecular weight is 199 g/mol. The largest absolute Gasteiger partial charge is 0.368 e. The molecule has 3 rings (SSSR count). The fourth-order valence-corrected chi connectivity index (χ4v) is 1.61. The summed E-state index contributed by atoms with van der Waals surface area (Å²) in [4.78, 5) is 8.86. The van der Waals surface area contributed by atoms with Crippen molar-refractivity contribution in [3.63, 3.8) is 0 Å². The van der Waals surface area contributed by atoms with Crippen LogP contribution in [0.1, 0.15) is 12.8 Å². The van der Waals surface area contributed by atoms with Gasteiger partial charge in [0.15, 0.2) is 0 Å². The van der Waals surface area contributed by atoms with Gasteiger partial charge in [-0.1, -0.05) is 12.1 Å². The van der Waals surface area contributed by atoms with Crippen LogP contribution in [0.3, 0.4) is 0 Å². The first kappa shape index (κ1) is 8.65. The van der Waals surface area contributed by atoms with Gasteiger partial charge in [-0.15, -0.1) is 0 Å². The Labute approximate surface area is 88.6 Å². The quantitative estimate of drug-likeness (QED) is 0.825. The average Bonchev–Trinajstić information content (AvgIpc) is 3.10. The van der Waals surface area contributed by atoms with Crippen LogP contribution in [0.2, 0.25) is 0 Å². The van der Waals surface area contributed by atoms with E-state index in [0.29, 0.717) is 0 Å². The van der Waals surface area contributed by atoms with Crippen molar-refractivity contribution in [1.29, 1.82) is 0 Å². The molecular formula is C12H13N3. The lowest BCUT2D eigenvalue weighted by Gasteiger charge is -2.04. The maximum atomic E-state index is 4.50. The first-order chi connectivity index (χ1) is 7.42. The molecule has 1 heterocycles. The topological polar surface area (TPSA) is 37.8 Å². The number of fused-ring (bicyclic) bond motifs is 1. The van der Waals surface area contributed by atoms with E-state index in [1.807, 2.05) is 30.5 Å². The number of anilines is 1. The molecule has 15 heavy (non-hydrogen) atoms. The second kappa shape index (κ2) is 3.50. The normalized spacial score (nSPS) is 15.5. The van der Waals surface area contributed by atoms with Crippen LogP contribution in [0.4, 0.5) is 5.82 Å². The van der Waals surface area contributed by atoms with Crippen LogP contribution in [0.25, 0.3) is 11.0 Å². The molecule has 2 aromatic rings. The SMILES string of the molecule is c1ccc2nc(NCC3CC3)cnc2c1. The molecule has 3 heteroatoms. The van der Waals surface area contributed by atoms with E-state index in [2.05, 4.69) is 15.3 Å². The molecule has 0 spiro atoms. The molecule has 0 amide bonds. The van der Waals surface area contributed by atoms with Gasteiger partial charge in [-0.2, -0.15) is 0 Å². The molecule has 0 radical (unpaired) electrons. The lowest BCUT2D eigenvalue weighted by Crippen LogP contribution is -2.05. The summed E-state index contributed by atoms with van der Waals surface area (Å²) >= 11 is 0. The summed E-state index contributed by atoms with van der Waals surface area (Å²) in [6.07, 6.45) is 4.52. The number of hydrogen-bond acceptors (Lipinski definition) is 3. The predicted octanol–water partition coefficient (Wildman–Crippen LogP) is 2.45. The Bertz CT molecular complexity index is 477. The molecule has 0 atom stereocenters. The second-order valence-electron chi connectivity index (χ2n) is 4.07. The summed E-state index contributed by atoms with van der Waals surface area (Å²) in [6, 6.07) is 7.94. The minimum Gasteiger partial charge on any atom is -0.368 e. The smallest absolute Gasteiger partial charge is 0.145 e. The highest BCUT2D eigenvalue weighted by atomic mass is 15.0. The minimum absolute atomic E-state index is 0.860. The van der Waals surface area contributed by atoms with E-state index < -0.39 is 0 Å². The molecule has 1 aliphatic carbocycles. The summed E-state index contributed by atoms with van der Waals surface area (Å²) in [5.74, 6) is 1.75. The van der Waals surface area contributed by atoms with E-state index in [9.17, 15) is 0 Å².